The van der Waals surface area contributed by atoms with Crippen LogP contribution in [-0.4, -0.2) is 73.7 Å². The van der Waals surface area contributed by atoms with Crippen molar-refractivity contribution in [2.75, 3.05) is 39.3 Å². The summed E-state index contributed by atoms with van der Waals surface area (Å²) in [6.07, 6.45) is 3.54. The number of piperazine rings is 1. The van der Waals surface area contributed by atoms with Gasteiger partial charge >= 0.3 is 0 Å². The first kappa shape index (κ1) is 20.3. The molecule has 0 aromatic heterocycles. The average molecular weight is 394 g/mol. The lowest BCUT2D eigenvalue weighted by Crippen LogP contribution is -2.53. The largest absolute Gasteiger partial charge is 0.339 e. The van der Waals surface area contributed by atoms with Crippen molar-refractivity contribution in [3.05, 3.63) is 29.3 Å². The van der Waals surface area contributed by atoms with Crippen molar-refractivity contribution in [2.24, 2.45) is 0 Å². The Hall–Kier alpha value is -1.44. The molecule has 7 heteroatoms. The molecule has 0 N–H and O–H groups in total. The number of hydrogen-bond acceptors (Lipinski definition) is 4. The SMILES string of the molecule is Cc1ccc(S(=O)(=O)N2CCN(C(=O)CN3CCCC[C@@H]3C)CC2)c(C)c1. The predicted molar refractivity (Wildman–Crippen MR) is 106 cm³/mol. The molecule has 1 aromatic carbocycles. The summed E-state index contributed by atoms with van der Waals surface area (Å²) < 4.78 is 27.5. The Bertz CT molecular complexity index is 786. The zero-order valence-electron chi connectivity index (χ0n) is 16.6. The van der Waals surface area contributed by atoms with E-state index in [1.54, 1.807) is 6.07 Å². The summed E-state index contributed by atoms with van der Waals surface area (Å²) in [5, 5.41) is 0. The first-order valence-corrected chi connectivity index (χ1v) is 11.3. The van der Waals surface area contributed by atoms with Crippen LogP contribution in [0.15, 0.2) is 23.1 Å². The van der Waals surface area contributed by atoms with Gasteiger partial charge in [-0.1, -0.05) is 24.1 Å². The van der Waals surface area contributed by atoms with Crippen LogP contribution in [-0.2, 0) is 14.8 Å². The second kappa shape index (κ2) is 8.29. The molecule has 6 nitrogen and oxygen atoms in total. The van der Waals surface area contributed by atoms with Gasteiger partial charge in [0.1, 0.15) is 0 Å². The number of nitrogens with zero attached hydrogens (tertiary/aromatic N) is 3. The van der Waals surface area contributed by atoms with Gasteiger partial charge in [-0.05, 0) is 51.8 Å². The smallest absolute Gasteiger partial charge is 0.243 e. The van der Waals surface area contributed by atoms with Crippen LogP contribution in [0.4, 0.5) is 0 Å². The van der Waals surface area contributed by atoms with Crippen molar-refractivity contribution >= 4 is 15.9 Å². The highest BCUT2D eigenvalue weighted by atomic mass is 32.2. The third-order valence-corrected chi connectivity index (χ3v) is 7.88. The molecule has 150 valence electrons. The number of sulfonamides is 1. The Morgan fingerprint density at radius 3 is 2.41 bits per heavy atom. The minimum absolute atomic E-state index is 0.118. The summed E-state index contributed by atoms with van der Waals surface area (Å²) in [5.41, 5.74) is 1.82. The molecule has 0 unspecified atom stereocenters. The lowest BCUT2D eigenvalue weighted by atomic mass is 10.0. The molecular formula is C20H31N3O3S. The van der Waals surface area contributed by atoms with Crippen molar-refractivity contribution in [1.29, 1.82) is 0 Å². The van der Waals surface area contributed by atoms with Gasteiger partial charge in [0.2, 0.25) is 15.9 Å². The molecule has 2 aliphatic rings. The zero-order chi connectivity index (χ0) is 19.6. The number of piperidine rings is 1. The van der Waals surface area contributed by atoms with Gasteiger partial charge in [-0.25, -0.2) is 8.42 Å². The van der Waals surface area contributed by atoms with E-state index in [-0.39, 0.29) is 5.91 Å². The molecule has 2 fully saturated rings. The molecule has 0 spiro atoms. The molecule has 1 aromatic rings. The summed E-state index contributed by atoms with van der Waals surface area (Å²) in [5.74, 6) is 0.118. The minimum Gasteiger partial charge on any atom is -0.339 e. The average Bonchev–Trinajstić information content (AvgIpc) is 2.63. The highest BCUT2D eigenvalue weighted by molar-refractivity contribution is 7.89. The molecule has 0 bridgehead atoms. The molecule has 1 atom stereocenters. The maximum Gasteiger partial charge on any atom is 0.243 e. The third-order valence-electron chi connectivity index (χ3n) is 5.82. The summed E-state index contributed by atoms with van der Waals surface area (Å²) >= 11 is 0. The van der Waals surface area contributed by atoms with Crippen LogP contribution in [0.2, 0.25) is 0 Å². The normalized spacial score (nSPS) is 22.8. The van der Waals surface area contributed by atoms with Gasteiger partial charge in [0.25, 0.3) is 0 Å². The van der Waals surface area contributed by atoms with Crippen molar-refractivity contribution in [3.8, 4) is 0 Å². The van der Waals surface area contributed by atoms with Gasteiger partial charge in [0.15, 0.2) is 0 Å². The molecule has 0 saturated carbocycles. The summed E-state index contributed by atoms with van der Waals surface area (Å²) in [7, 11) is -3.51. The Morgan fingerprint density at radius 2 is 1.78 bits per heavy atom. The van der Waals surface area contributed by atoms with E-state index in [0.29, 0.717) is 43.7 Å². The molecule has 2 heterocycles. The molecule has 2 saturated heterocycles. The zero-order valence-corrected chi connectivity index (χ0v) is 17.5. The first-order chi connectivity index (χ1) is 12.8. The summed E-state index contributed by atoms with van der Waals surface area (Å²) in [4.78, 5) is 17.1. The molecule has 1 amide bonds. The minimum atomic E-state index is -3.51. The van der Waals surface area contributed by atoms with Crippen LogP contribution in [0.1, 0.15) is 37.3 Å². The Balaban J connectivity index is 1.60. The number of likely N-dealkylation sites (tertiary alicyclic amines) is 1. The van der Waals surface area contributed by atoms with Crippen LogP contribution >= 0.6 is 0 Å². The number of hydrogen-bond donors (Lipinski definition) is 0. The lowest BCUT2D eigenvalue weighted by molar-refractivity contribution is -0.134. The highest BCUT2D eigenvalue weighted by Crippen LogP contribution is 2.22. The van der Waals surface area contributed by atoms with E-state index in [9.17, 15) is 13.2 Å². The Morgan fingerprint density at radius 1 is 1.07 bits per heavy atom. The second-order valence-electron chi connectivity index (χ2n) is 7.87. The van der Waals surface area contributed by atoms with Crippen LogP contribution in [0.3, 0.4) is 0 Å². The number of amides is 1. The topological polar surface area (TPSA) is 60.9 Å². The number of carbonyl (C=O) groups is 1. The Labute approximate surface area is 163 Å². The molecule has 2 aliphatic heterocycles. The van der Waals surface area contributed by atoms with Crippen molar-refractivity contribution in [3.63, 3.8) is 0 Å². The Kier molecular flexibility index (Phi) is 6.23. The van der Waals surface area contributed by atoms with Crippen LogP contribution < -0.4 is 0 Å². The fourth-order valence-corrected chi connectivity index (χ4v) is 5.70. The summed E-state index contributed by atoms with van der Waals surface area (Å²) in [6, 6.07) is 5.87. The summed E-state index contributed by atoms with van der Waals surface area (Å²) in [6.45, 7) is 9.04. The fraction of sp³-hybridized carbons (Fsp3) is 0.650. The molecule has 27 heavy (non-hydrogen) atoms. The predicted octanol–water partition coefficient (Wildman–Crippen LogP) is 2.01. The van der Waals surface area contributed by atoms with E-state index in [0.717, 1.165) is 30.5 Å². The molecule has 3 rings (SSSR count). The number of carbonyl (C=O) groups excluding carboxylic acids is 1. The maximum absolute atomic E-state index is 13.0. The van der Waals surface area contributed by atoms with E-state index in [1.165, 1.54) is 10.7 Å². The number of benzene rings is 1. The molecular weight excluding hydrogens is 362 g/mol. The first-order valence-electron chi connectivity index (χ1n) is 9.88. The highest BCUT2D eigenvalue weighted by Gasteiger charge is 2.32. The van der Waals surface area contributed by atoms with E-state index in [2.05, 4.69) is 11.8 Å². The van der Waals surface area contributed by atoms with Gasteiger partial charge in [0, 0.05) is 32.2 Å². The van der Waals surface area contributed by atoms with Crippen molar-refractivity contribution in [1.82, 2.24) is 14.1 Å². The van der Waals surface area contributed by atoms with Gasteiger partial charge in [-0.15, -0.1) is 0 Å². The fourth-order valence-electron chi connectivity index (χ4n) is 4.07. The maximum atomic E-state index is 13.0. The van der Waals surface area contributed by atoms with Crippen LogP contribution in [0, 0.1) is 13.8 Å². The van der Waals surface area contributed by atoms with Crippen molar-refractivity contribution < 1.29 is 13.2 Å². The standard InChI is InChI=1S/C20H31N3O3S/c1-16-7-8-19(17(2)14-16)27(25,26)23-12-10-21(11-13-23)20(24)15-22-9-5-4-6-18(22)3/h7-8,14,18H,4-6,9-13,15H2,1-3H3/t18-/m0/s1. The van der Waals surface area contributed by atoms with E-state index in [1.807, 2.05) is 30.9 Å². The van der Waals surface area contributed by atoms with Gasteiger partial charge in [-0.2, -0.15) is 4.31 Å². The monoisotopic (exact) mass is 393 g/mol. The second-order valence-corrected chi connectivity index (χ2v) is 9.78. The van der Waals surface area contributed by atoms with Gasteiger partial charge in [0.05, 0.1) is 11.4 Å². The third kappa shape index (κ3) is 4.52. The van der Waals surface area contributed by atoms with Crippen molar-refractivity contribution in [2.45, 2.75) is 51.0 Å². The number of rotatable bonds is 4. The van der Waals surface area contributed by atoms with E-state index in [4.69, 9.17) is 0 Å². The van der Waals surface area contributed by atoms with Crippen LogP contribution in [0.5, 0.6) is 0 Å². The number of aryl methyl sites for hydroxylation is 2. The lowest BCUT2D eigenvalue weighted by Gasteiger charge is -2.37. The molecule has 0 radical (unpaired) electrons. The van der Waals surface area contributed by atoms with Crippen LogP contribution in [0.25, 0.3) is 0 Å². The van der Waals surface area contributed by atoms with Gasteiger partial charge in [-0.3, -0.25) is 9.69 Å². The van der Waals surface area contributed by atoms with Gasteiger partial charge < -0.3 is 4.90 Å². The quantitative estimate of drug-likeness (QED) is 0.785. The molecule has 0 aliphatic carbocycles. The van der Waals surface area contributed by atoms with E-state index < -0.39 is 10.0 Å². The van der Waals surface area contributed by atoms with E-state index >= 15 is 0 Å².